The minimum atomic E-state index is -0.207. The summed E-state index contributed by atoms with van der Waals surface area (Å²) in [6.45, 7) is 11.2. The number of aromatic nitrogens is 1. The third kappa shape index (κ3) is 3.77. The molecule has 0 N–H and O–H groups in total. The second kappa shape index (κ2) is 7.64. The molecule has 1 unspecified atom stereocenters. The van der Waals surface area contributed by atoms with E-state index in [1.54, 1.807) is 7.11 Å². The van der Waals surface area contributed by atoms with Gasteiger partial charge in [0, 0.05) is 24.2 Å². The van der Waals surface area contributed by atoms with Crippen molar-refractivity contribution in [3.05, 3.63) is 36.0 Å². The molecule has 3 saturated heterocycles. The average molecular weight is 383 g/mol. The molecule has 1 aromatic heterocycles. The van der Waals surface area contributed by atoms with Crippen LogP contribution in [0.1, 0.15) is 58.6 Å². The number of pyridine rings is 1. The van der Waals surface area contributed by atoms with Crippen LogP contribution in [-0.4, -0.2) is 41.7 Å². The number of fused-ring (bicyclic) bond motifs is 4. The summed E-state index contributed by atoms with van der Waals surface area (Å²) in [5.41, 5.74) is 2.04. The zero-order valence-electron chi connectivity index (χ0n) is 17.9. The fourth-order valence-corrected chi connectivity index (χ4v) is 5.21. The Morgan fingerprint density at radius 1 is 1.25 bits per heavy atom. The lowest BCUT2D eigenvalue weighted by molar-refractivity contribution is -0.131. The summed E-state index contributed by atoms with van der Waals surface area (Å²) in [5, 5.41) is 1.14. The quantitative estimate of drug-likeness (QED) is 0.710. The van der Waals surface area contributed by atoms with Crippen molar-refractivity contribution in [1.82, 2.24) is 9.88 Å². The summed E-state index contributed by atoms with van der Waals surface area (Å²) < 4.78 is 12.3. The van der Waals surface area contributed by atoms with Crippen LogP contribution in [0.2, 0.25) is 0 Å². The van der Waals surface area contributed by atoms with Crippen molar-refractivity contribution in [2.45, 2.75) is 64.7 Å². The van der Waals surface area contributed by atoms with Crippen LogP contribution in [-0.2, 0) is 4.74 Å². The van der Waals surface area contributed by atoms with Crippen molar-refractivity contribution < 1.29 is 9.47 Å². The molecule has 0 spiro atoms. The molecule has 2 aromatic rings. The number of hydrogen-bond acceptors (Lipinski definition) is 4. The number of ether oxygens (including phenoxy) is 2. The molecule has 0 saturated carbocycles. The van der Waals surface area contributed by atoms with Crippen LogP contribution in [0.3, 0.4) is 0 Å². The van der Waals surface area contributed by atoms with Gasteiger partial charge in [-0.05, 0) is 81.8 Å². The van der Waals surface area contributed by atoms with E-state index < -0.39 is 0 Å². The van der Waals surface area contributed by atoms with Gasteiger partial charge in [0.25, 0.3) is 0 Å². The van der Waals surface area contributed by atoms with Crippen LogP contribution in [0, 0.1) is 11.8 Å². The lowest BCUT2D eigenvalue weighted by atomic mass is 9.72. The zero-order valence-corrected chi connectivity index (χ0v) is 17.9. The normalized spacial score (nSPS) is 28.5. The van der Waals surface area contributed by atoms with E-state index in [2.05, 4.69) is 49.7 Å². The maximum absolute atomic E-state index is 6.76. The molecule has 3 aliphatic heterocycles. The Hall–Kier alpha value is -1.65. The summed E-state index contributed by atoms with van der Waals surface area (Å²) in [4.78, 5) is 7.28. The van der Waals surface area contributed by atoms with Gasteiger partial charge in [0.1, 0.15) is 5.75 Å². The van der Waals surface area contributed by atoms with E-state index in [1.807, 2.05) is 18.3 Å². The van der Waals surface area contributed by atoms with Crippen molar-refractivity contribution in [2.75, 3.05) is 20.2 Å². The molecule has 0 amide bonds. The average Bonchev–Trinajstić information content (AvgIpc) is 2.70. The van der Waals surface area contributed by atoms with Crippen LogP contribution in [0.4, 0.5) is 0 Å². The van der Waals surface area contributed by atoms with Gasteiger partial charge in [0.15, 0.2) is 0 Å². The minimum absolute atomic E-state index is 0.0400. The molecule has 5 atom stereocenters. The van der Waals surface area contributed by atoms with Crippen LogP contribution < -0.4 is 4.74 Å². The summed E-state index contributed by atoms with van der Waals surface area (Å²) in [5.74, 6) is 2.54. The highest BCUT2D eigenvalue weighted by molar-refractivity contribution is 5.84. The second-order valence-corrected chi connectivity index (χ2v) is 9.45. The van der Waals surface area contributed by atoms with Gasteiger partial charge in [-0.25, -0.2) is 0 Å². The van der Waals surface area contributed by atoms with Crippen LogP contribution >= 0.6 is 0 Å². The first-order chi connectivity index (χ1) is 13.4. The van der Waals surface area contributed by atoms with E-state index in [1.165, 1.54) is 37.9 Å². The van der Waals surface area contributed by atoms with Crippen LogP contribution in [0.5, 0.6) is 5.75 Å². The molecule has 1 aromatic carbocycles. The van der Waals surface area contributed by atoms with Crippen molar-refractivity contribution in [2.24, 2.45) is 11.8 Å². The Bertz CT molecular complexity index is 829. The van der Waals surface area contributed by atoms with E-state index in [0.717, 1.165) is 28.5 Å². The Kier molecular flexibility index (Phi) is 5.36. The topological polar surface area (TPSA) is 34.6 Å². The van der Waals surface area contributed by atoms with Crippen molar-refractivity contribution in [3.63, 3.8) is 0 Å². The fraction of sp³-hybridized carbons (Fsp3) is 0.625. The van der Waals surface area contributed by atoms with Crippen molar-refractivity contribution in [1.29, 1.82) is 0 Å². The van der Waals surface area contributed by atoms with Crippen LogP contribution in [0.25, 0.3) is 10.9 Å². The smallest absolute Gasteiger partial charge is 0.119 e. The van der Waals surface area contributed by atoms with E-state index in [4.69, 9.17) is 9.47 Å². The van der Waals surface area contributed by atoms with E-state index in [9.17, 15) is 0 Å². The maximum atomic E-state index is 6.76. The summed E-state index contributed by atoms with van der Waals surface area (Å²) in [6.07, 6.45) is 5.82. The minimum Gasteiger partial charge on any atom is -0.497 e. The molecule has 28 heavy (non-hydrogen) atoms. The number of benzene rings is 1. The van der Waals surface area contributed by atoms with Gasteiger partial charge < -0.3 is 9.47 Å². The first-order valence-corrected chi connectivity index (χ1v) is 10.7. The molecule has 0 aliphatic carbocycles. The Labute approximate surface area is 169 Å². The largest absolute Gasteiger partial charge is 0.497 e. The zero-order chi connectivity index (χ0) is 19.9. The molecule has 0 radical (unpaired) electrons. The van der Waals surface area contributed by atoms with Gasteiger partial charge in [0.05, 0.1) is 24.3 Å². The van der Waals surface area contributed by atoms with Crippen molar-refractivity contribution >= 4 is 10.9 Å². The molecule has 4 heteroatoms. The van der Waals surface area contributed by atoms with Gasteiger partial charge in [-0.1, -0.05) is 13.3 Å². The molecule has 3 aliphatic rings. The SMILES string of the molecule is CC[C@H]1CN2CC[C@H]1C[C@H]2[C@H](OC(C)(C)C)c1ccnc2ccc(OC)cc12. The van der Waals surface area contributed by atoms with E-state index in [0.29, 0.717) is 6.04 Å². The van der Waals surface area contributed by atoms with E-state index in [-0.39, 0.29) is 11.7 Å². The Balaban J connectivity index is 1.77. The maximum Gasteiger partial charge on any atom is 0.119 e. The lowest BCUT2D eigenvalue weighted by Gasteiger charge is -2.52. The summed E-state index contributed by atoms with van der Waals surface area (Å²) in [7, 11) is 1.72. The lowest BCUT2D eigenvalue weighted by Crippen LogP contribution is -2.56. The summed E-state index contributed by atoms with van der Waals surface area (Å²) in [6, 6.07) is 8.72. The number of hydrogen-bond donors (Lipinski definition) is 0. The summed E-state index contributed by atoms with van der Waals surface area (Å²) >= 11 is 0. The molecule has 5 rings (SSSR count). The first kappa shape index (κ1) is 19.7. The first-order valence-electron chi connectivity index (χ1n) is 10.7. The number of rotatable bonds is 5. The second-order valence-electron chi connectivity index (χ2n) is 9.45. The molecule has 152 valence electrons. The Morgan fingerprint density at radius 2 is 2.07 bits per heavy atom. The predicted octanol–water partition coefficient (Wildman–Crippen LogP) is 5.22. The van der Waals surface area contributed by atoms with Gasteiger partial charge >= 0.3 is 0 Å². The fourth-order valence-electron chi connectivity index (χ4n) is 5.21. The molecule has 2 bridgehead atoms. The molecule has 4 nitrogen and oxygen atoms in total. The van der Waals surface area contributed by atoms with Gasteiger partial charge in [-0.3, -0.25) is 9.88 Å². The number of piperidine rings is 3. The van der Waals surface area contributed by atoms with Crippen molar-refractivity contribution in [3.8, 4) is 5.75 Å². The van der Waals surface area contributed by atoms with Crippen LogP contribution in [0.15, 0.2) is 30.5 Å². The Morgan fingerprint density at radius 3 is 2.71 bits per heavy atom. The van der Waals surface area contributed by atoms with Gasteiger partial charge in [0.2, 0.25) is 0 Å². The molecular formula is C24H34N2O2. The van der Waals surface area contributed by atoms with Gasteiger partial charge in [-0.2, -0.15) is 0 Å². The molecule has 3 fully saturated rings. The predicted molar refractivity (Wildman–Crippen MR) is 114 cm³/mol. The van der Waals surface area contributed by atoms with E-state index >= 15 is 0 Å². The van der Waals surface area contributed by atoms with Gasteiger partial charge in [-0.15, -0.1) is 0 Å². The molecular weight excluding hydrogens is 348 g/mol. The number of nitrogens with zero attached hydrogens (tertiary/aromatic N) is 2. The third-order valence-electron chi connectivity index (χ3n) is 6.58. The highest BCUT2D eigenvalue weighted by Crippen LogP contribution is 2.45. The number of methoxy groups -OCH3 is 1. The standard InChI is InChI=1S/C24H34N2O2/c1-6-16-15-26-12-10-17(16)13-22(26)23(28-24(2,3)4)19-9-11-25-21-8-7-18(27-5)14-20(19)21/h7-9,11,14,16-17,22-23H,6,10,12-13,15H2,1-5H3/t16-,17-,22-,23+/m0/s1. The third-order valence-corrected chi connectivity index (χ3v) is 6.58. The monoisotopic (exact) mass is 382 g/mol. The highest BCUT2D eigenvalue weighted by Gasteiger charge is 2.44. The molecule has 4 heterocycles. The highest BCUT2D eigenvalue weighted by atomic mass is 16.5.